The Kier molecular flexibility index (Phi) is 4.45. The van der Waals surface area contributed by atoms with Crippen LogP contribution in [0.25, 0.3) is 11.5 Å². The van der Waals surface area contributed by atoms with Crippen molar-refractivity contribution in [1.29, 1.82) is 0 Å². The molecule has 0 unspecified atom stereocenters. The summed E-state index contributed by atoms with van der Waals surface area (Å²) in [7, 11) is -3.90. The van der Waals surface area contributed by atoms with Crippen LogP contribution < -0.4 is 0 Å². The Labute approximate surface area is 123 Å². The molecule has 0 saturated heterocycles. The summed E-state index contributed by atoms with van der Waals surface area (Å²) in [5.41, 5.74) is 0.766. The lowest BCUT2D eigenvalue weighted by molar-refractivity contribution is 0.511. The molecule has 0 radical (unpaired) electrons. The Morgan fingerprint density at radius 3 is 1.38 bits per heavy atom. The van der Waals surface area contributed by atoms with Gasteiger partial charge in [-0.25, -0.2) is 8.42 Å². The maximum atomic E-state index is 11.9. The van der Waals surface area contributed by atoms with E-state index in [2.05, 4.69) is 0 Å². The molecule has 2 aromatic rings. The van der Waals surface area contributed by atoms with Gasteiger partial charge < -0.3 is 10.2 Å². The van der Waals surface area contributed by atoms with Crippen LogP contribution in [0.15, 0.2) is 71.5 Å². The van der Waals surface area contributed by atoms with E-state index >= 15 is 0 Å². The summed E-state index contributed by atoms with van der Waals surface area (Å²) in [5.74, 6) is -0.763. The lowest BCUT2D eigenvalue weighted by Gasteiger charge is -2.01. The summed E-state index contributed by atoms with van der Waals surface area (Å²) in [4.78, 5) is 0. The number of rotatable bonds is 4. The fraction of sp³-hybridized carbons (Fsp3) is 0. The van der Waals surface area contributed by atoms with Gasteiger partial charge in [-0.05, 0) is 0 Å². The van der Waals surface area contributed by atoms with Gasteiger partial charge in [-0.15, -0.1) is 0 Å². The summed E-state index contributed by atoms with van der Waals surface area (Å²) in [6.07, 6.45) is 0. The summed E-state index contributed by atoms with van der Waals surface area (Å²) < 4.78 is 23.9. The lowest BCUT2D eigenvalue weighted by atomic mass is 10.2. The van der Waals surface area contributed by atoms with Gasteiger partial charge in [0.1, 0.15) is 11.5 Å². The highest BCUT2D eigenvalue weighted by Gasteiger charge is 2.10. The highest BCUT2D eigenvalue weighted by Crippen LogP contribution is 2.16. The number of aliphatic hydroxyl groups is 2. The third-order valence-electron chi connectivity index (χ3n) is 2.69. The Balaban J connectivity index is 2.31. The van der Waals surface area contributed by atoms with Crippen LogP contribution in [0.5, 0.6) is 0 Å². The molecule has 0 fully saturated rings. The molecule has 0 bridgehead atoms. The van der Waals surface area contributed by atoms with E-state index in [0.29, 0.717) is 21.9 Å². The molecule has 0 spiro atoms. The maximum Gasteiger partial charge on any atom is 0.200 e. The van der Waals surface area contributed by atoms with Crippen LogP contribution >= 0.6 is 0 Å². The fourth-order valence-electron chi connectivity index (χ4n) is 1.70. The quantitative estimate of drug-likeness (QED) is 0.847. The van der Waals surface area contributed by atoms with E-state index in [1.165, 1.54) is 0 Å². The molecule has 0 aliphatic rings. The zero-order valence-electron chi connectivity index (χ0n) is 11.0. The van der Waals surface area contributed by atoms with Crippen molar-refractivity contribution in [3.8, 4) is 0 Å². The van der Waals surface area contributed by atoms with Crippen LogP contribution in [0.1, 0.15) is 11.1 Å². The van der Waals surface area contributed by atoms with Crippen molar-refractivity contribution in [3.63, 3.8) is 0 Å². The third kappa shape index (κ3) is 4.22. The summed E-state index contributed by atoms with van der Waals surface area (Å²) in [6.45, 7) is 0. The second-order valence-corrected chi connectivity index (χ2v) is 5.98. The summed E-state index contributed by atoms with van der Waals surface area (Å²) >= 11 is 0. The molecule has 0 heterocycles. The number of aliphatic hydroxyl groups excluding tert-OH is 2. The lowest BCUT2D eigenvalue weighted by Crippen LogP contribution is -1.95. The Hall–Kier alpha value is -2.53. The average molecular weight is 302 g/mol. The fourth-order valence-corrected chi connectivity index (χ4v) is 2.66. The van der Waals surface area contributed by atoms with E-state index in [0.717, 1.165) is 0 Å². The van der Waals surface area contributed by atoms with Gasteiger partial charge in [0.15, 0.2) is 9.84 Å². The minimum absolute atomic E-state index is 0.382. The van der Waals surface area contributed by atoms with E-state index in [4.69, 9.17) is 0 Å². The van der Waals surface area contributed by atoms with Gasteiger partial charge in [0, 0.05) is 11.1 Å². The molecule has 21 heavy (non-hydrogen) atoms. The van der Waals surface area contributed by atoms with Gasteiger partial charge in [-0.3, -0.25) is 0 Å². The van der Waals surface area contributed by atoms with Crippen molar-refractivity contribution in [2.45, 2.75) is 0 Å². The zero-order chi connectivity index (χ0) is 15.3. The Morgan fingerprint density at radius 1 is 0.714 bits per heavy atom. The number of hydrogen-bond acceptors (Lipinski definition) is 4. The predicted molar refractivity (Wildman–Crippen MR) is 83.0 cm³/mol. The second-order valence-electron chi connectivity index (χ2n) is 4.33. The van der Waals surface area contributed by atoms with Crippen molar-refractivity contribution in [2.24, 2.45) is 0 Å². The van der Waals surface area contributed by atoms with Crippen LogP contribution in [0.2, 0.25) is 0 Å². The van der Waals surface area contributed by atoms with Crippen LogP contribution in [0, 0.1) is 0 Å². The Bertz CT molecular complexity index is 699. The summed E-state index contributed by atoms with van der Waals surface area (Å²) in [5, 5.41) is 21.0. The maximum absolute atomic E-state index is 11.9. The molecule has 2 aromatic carbocycles. The first kappa shape index (κ1) is 14.9. The first-order chi connectivity index (χ1) is 9.98. The van der Waals surface area contributed by atoms with Gasteiger partial charge in [0.2, 0.25) is 0 Å². The summed E-state index contributed by atoms with van der Waals surface area (Å²) in [6, 6.07) is 16.6. The molecule has 0 atom stereocenters. The molecule has 2 N–H and O–H groups in total. The average Bonchev–Trinajstić information content (AvgIpc) is 2.48. The van der Waals surface area contributed by atoms with Gasteiger partial charge in [-0.1, -0.05) is 60.7 Å². The van der Waals surface area contributed by atoms with Gasteiger partial charge >= 0.3 is 0 Å². The molecule has 0 aliphatic carbocycles. The molecule has 0 amide bonds. The van der Waals surface area contributed by atoms with Crippen molar-refractivity contribution in [2.75, 3.05) is 0 Å². The first-order valence-electron chi connectivity index (χ1n) is 6.15. The molecule has 5 heteroatoms. The highest BCUT2D eigenvalue weighted by atomic mass is 32.2. The van der Waals surface area contributed by atoms with E-state index in [1.54, 1.807) is 60.7 Å². The van der Waals surface area contributed by atoms with Crippen molar-refractivity contribution in [3.05, 3.63) is 82.6 Å². The van der Waals surface area contributed by atoms with Crippen LogP contribution in [0.3, 0.4) is 0 Å². The van der Waals surface area contributed by atoms with Gasteiger partial charge in [0.05, 0.1) is 10.8 Å². The van der Waals surface area contributed by atoms with Crippen LogP contribution in [0.4, 0.5) is 0 Å². The molecule has 0 aromatic heterocycles. The SMILES string of the molecule is O=S(=O)(/C=C(\O)c1ccccc1)/C=C(/O)c1ccccc1. The molecule has 108 valence electrons. The number of benzene rings is 2. The molecular formula is C16H14O4S. The second kappa shape index (κ2) is 6.28. The normalized spacial score (nSPS) is 13.1. The largest absolute Gasteiger partial charge is 0.507 e. The Morgan fingerprint density at radius 2 is 1.05 bits per heavy atom. The van der Waals surface area contributed by atoms with Crippen molar-refractivity contribution >= 4 is 21.4 Å². The van der Waals surface area contributed by atoms with E-state index in [9.17, 15) is 18.6 Å². The minimum atomic E-state index is -3.90. The molecule has 4 nitrogen and oxygen atoms in total. The number of sulfone groups is 1. The van der Waals surface area contributed by atoms with Crippen LogP contribution in [-0.2, 0) is 9.84 Å². The molecule has 0 saturated carbocycles. The smallest absolute Gasteiger partial charge is 0.200 e. The zero-order valence-corrected chi connectivity index (χ0v) is 11.9. The number of hydrogen-bond donors (Lipinski definition) is 2. The highest BCUT2D eigenvalue weighted by molar-refractivity contribution is 7.97. The standard InChI is InChI=1S/C16H14O4S/c17-15(13-7-3-1-4-8-13)11-21(19,20)12-16(18)14-9-5-2-6-10-14/h1-12,17-18H/b15-11-,16-12+. The molecule has 0 aliphatic heterocycles. The topological polar surface area (TPSA) is 74.6 Å². The minimum Gasteiger partial charge on any atom is -0.507 e. The molecule has 2 rings (SSSR count). The van der Waals surface area contributed by atoms with E-state index < -0.39 is 9.84 Å². The predicted octanol–water partition coefficient (Wildman–Crippen LogP) is 3.51. The van der Waals surface area contributed by atoms with Gasteiger partial charge in [0.25, 0.3) is 0 Å². The van der Waals surface area contributed by atoms with E-state index in [1.807, 2.05) is 0 Å². The van der Waals surface area contributed by atoms with Gasteiger partial charge in [-0.2, -0.15) is 0 Å². The van der Waals surface area contributed by atoms with E-state index in [-0.39, 0.29) is 11.5 Å². The van der Waals surface area contributed by atoms with Crippen molar-refractivity contribution in [1.82, 2.24) is 0 Å². The molecular weight excluding hydrogens is 288 g/mol. The van der Waals surface area contributed by atoms with Crippen LogP contribution in [-0.4, -0.2) is 18.6 Å². The monoisotopic (exact) mass is 302 g/mol. The third-order valence-corrected chi connectivity index (χ3v) is 3.79. The van der Waals surface area contributed by atoms with Crippen molar-refractivity contribution < 1.29 is 18.6 Å². The first-order valence-corrected chi connectivity index (χ1v) is 7.76.